The van der Waals surface area contributed by atoms with Crippen molar-refractivity contribution in [1.82, 2.24) is 0 Å². The molecular weight excluding hydrogens is 294 g/mol. The van der Waals surface area contributed by atoms with Gasteiger partial charge in [0.15, 0.2) is 11.6 Å². The first-order chi connectivity index (χ1) is 11.2. The van der Waals surface area contributed by atoms with Crippen molar-refractivity contribution < 1.29 is 13.5 Å². The van der Waals surface area contributed by atoms with Crippen LogP contribution in [0.5, 0.6) is 0 Å². The first-order valence-electron chi connectivity index (χ1n) is 9.29. The minimum absolute atomic E-state index is 0.417. The third kappa shape index (κ3) is 5.27. The van der Waals surface area contributed by atoms with Gasteiger partial charge in [0, 0.05) is 0 Å². The largest absolute Gasteiger partial charge is 0.373 e. The highest BCUT2D eigenvalue weighted by Gasteiger charge is 2.23. The van der Waals surface area contributed by atoms with Crippen LogP contribution in [0.4, 0.5) is 8.78 Å². The fraction of sp³-hybridized carbons (Fsp3) is 0.700. The van der Waals surface area contributed by atoms with Crippen LogP contribution in [0.1, 0.15) is 75.7 Å². The first kappa shape index (κ1) is 16.9. The molecular formula is C20H28F2O. The predicted octanol–water partition coefficient (Wildman–Crippen LogP) is 5.98. The number of benzene rings is 1. The van der Waals surface area contributed by atoms with Crippen LogP contribution >= 0.6 is 0 Å². The molecule has 2 fully saturated rings. The Morgan fingerprint density at radius 1 is 0.870 bits per heavy atom. The van der Waals surface area contributed by atoms with E-state index in [0.717, 1.165) is 30.9 Å². The van der Waals surface area contributed by atoms with E-state index in [4.69, 9.17) is 4.74 Å². The van der Waals surface area contributed by atoms with E-state index in [1.807, 2.05) is 0 Å². The van der Waals surface area contributed by atoms with Gasteiger partial charge in [-0.2, -0.15) is 0 Å². The molecule has 1 unspecified atom stereocenters. The highest BCUT2D eigenvalue weighted by molar-refractivity contribution is 5.22. The number of unbranched alkanes of at least 4 members (excludes halogenated alkanes) is 3. The highest BCUT2D eigenvalue weighted by Crippen LogP contribution is 2.38. The SMILES string of the molecule is Fc1ccc(C2CCC(CCCCCCC3CO3)CC2)cc1F. The lowest BCUT2D eigenvalue weighted by Crippen LogP contribution is -2.13. The van der Waals surface area contributed by atoms with Crippen LogP contribution in [0.15, 0.2) is 18.2 Å². The van der Waals surface area contributed by atoms with E-state index in [1.54, 1.807) is 6.07 Å². The normalized spacial score (nSPS) is 27.1. The molecule has 1 aromatic rings. The minimum Gasteiger partial charge on any atom is -0.373 e. The van der Waals surface area contributed by atoms with Crippen LogP contribution in [0.2, 0.25) is 0 Å². The number of ether oxygens (including phenoxy) is 1. The zero-order valence-electron chi connectivity index (χ0n) is 13.9. The molecule has 1 nitrogen and oxygen atoms in total. The Kier molecular flexibility index (Phi) is 6.04. The Bertz CT molecular complexity index is 490. The van der Waals surface area contributed by atoms with E-state index < -0.39 is 11.6 Å². The molecule has 3 rings (SSSR count). The third-order valence-corrected chi connectivity index (χ3v) is 5.55. The van der Waals surface area contributed by atoms with Crippen molar-refractivity contribution in [1.29, 1.82) is 0 Å². The van der Waals surface area contributed by atoms with Gasteiger partial charge >= 0.3 is 0 Å². The first-order valence-corrected chi connectivity index (χ1v) is 9.29. The topological polar surface area (TPSA) is 12.5 Å². The average Bonchev–Trinajstić information content (AvgIpc) is 3.38. The van der Waals surface area contributed by atoms with Crippen LogP contribution in [-0.2, 0) is 4.74 Å². The van der Waals surface area contributed by atoms with Gasteiger partial charge in [0.1, 0.15) is 0 Å². The van der Waals surface area contributed by atoms with E-state index in [9.17, 15) is 8.78 Å². The summed E-state index contributed by atoms with van der Waals surface area (Å²) in [4.78, 5) is 0. The number of hydrogen-bond acceptors (Lipinski definition) is 1. The molecule has 1 saturated carbocycles. The zero-order chi connectivity index (χ0) is 16.1. The Hall–Kier alpha value is -0.960. The monoisotopic (exact) mass is 322 g/mol. The molecule has 0 N–H and O–H groups in total. The molecule has 0 bridgehead atoms. The van der Waals surface area contributed by atoms with Crippen molar-refractivity contribution in [2.75, 3.05) is 6.61 Å². The smallest absolute Gasteiger partial charge is 0.159 e. The minimum atomic E-state index is -0.740. The third-order valence-electron chi connectivity index (χ3n) is 5.55. The van der Waals surface area contributed by atoms with Gasteiger partial charge in [-0.1, -0.05) is 38.2 Å². The quantitative estimate of drug-likeness (QED) is 0.424. The lowest BCUT2D eigenvalue weighted by molar-refractivity contribution is 0.300. The van der Waals surface area contributed by atoms with Gasteiger partial charge in [-0.15, -0.1) is 0 Å². The second kappa shape index (κ2) is 8.23. The molecule has 128 valence electrons. The van der Waals surface area contributed by atoms with Crippen LogP contribution in [0, 0.1) is 17.6 Å². The molecule has 23 heavy (non-hydrogen) atoms. The number of epoxide rings is 1. The Labute approximate surface area is 138 Å². The average molecular weight is 322 g/mol. The summed E-state index contributed by atoms with van der Waals surface area (Å²) in [6, 6.07) is 4.42. The zero-order valence-corrected chi connectivity index (χ0v) is 13.9. The molecule has 0 spiro atoms. The fourth-order valence-corrected chi connectivity index (χ4v) is 3.94. The maximum Gasteiger partial charge on any atom is 0.159 e. The second-order valence-electron chi connectivity index (χ2n) is 7.34. The molecule has 1 aliphatic heterocycles. The van der Waals surface area contributed by atoms with Crippen molar-refractivity contribution in [2.24, 2.45) is 5.92 Å². The van der Waals surface area contributed by atoms with Gasteiger partial charge in [0.2, 0.25) is 0 Å². The summed E-state index contributed by atoms with van der Waals surface area (Å²) in [5.41, 5.74) is 0.977. The fourth-order valence-electron chi connectivity index (χ4n) is 3.94. The second-order valence-corrected chi connectivity index (χ2v) is 7.34. The molecule has 0 radical (unpaired) electrons. The molecule has 1 atom stereocenters. The van der Waals surface area contributed by atoms with E-state index in [1.165, 1.54) is 63.5 Å². The maximum atomic E-state index is 13.4. The summed E-state index contributed by atoms with van der Waals surface area (Å²) in [6.45, 7) is 0.987. The number of halogens is 2. The van der Waals surface area contributed by atoms with Gasteiger partial charge in [-0.3, -0.25) is 0 Å². The summed E-state index contributed by atoms with van der Waals surface area (Å²) < 4.78 is 31.6. The number of rotatable bonds is 8. The Balaban J connectivity index is 1.30. The number of hydrogen-bond donors (Lipinski definition) is 0. The van der Waals surface area contributed by atoms with Crippen molar-refractivity contribution >= 4 is 0 Å². The van der Waals surface area contributed by atoms with Gasteiger partial charge in [-0.25, -0.2) is 8.78 Å². The van der Waals surface area contributed by atoms with E-state index in [-0.39, 0.29) is 0 Å². The van der Waals surface area contributed by atoms with Crippen molar-refractivity contribution in [3.63, 3.8) is 0 Å². The summed E-state index contributed by atoms with van der Waals surface area (Å²) in [5.74, 6) is -0.194. The molecule has 3 heteroatoms. The van der Waals surface area contributed by atoms with E-state index in [0.29, 0.717) is 12.0 Å². The van der Waals surface area contributed by atoms with Crippen molar-refractivity contribution in [2.45, 2.75) is 76.2 Å². The highest BCUT2D eigenvalue weighted by atomic mass is 19.2. The van der Waals surface area contributed by atoms with Crippen LogP contribution in [0.25, 0.3) is 0 Å². The van der Waals surface area contributed by atoms with Crippen molar-refractivity contribution in [3.05, 3.63) is 35.4 Å². The Morgan fingerprint density at radius 3 is 2.22 bits per heavy atom. The van der Waals surface area contributed by atoms with E-state index >= 15 is 0 Å². The molecule has 0 aromatic heterocycles. The molecule has 1 heterocycles. The van der Waals surface area contributed by atoms with Crippen LogP contribution in [-0.4, -0.2) is 12.7 Å². The molecule has 1 aliphatic carbocycles. The predicted molar refractivity (Wildman–Crippen MR) is 88.5 cm³/mol. The van der Waals surface area contributed by atoms with Gasteiger partial charge in [0.25, 0.3) is 0 Å². The molecule has 1 saturated heterocycles. The van der Waals surface area contributed by atoms with Crippen molar-refractivity contribution in [3.8, 4) is 0 Å². The van der Waals surface area contributed by atoms with Gasteiger partial charge in [0.05, 0.1) is 12.7 Å². The summed E-state index contributed by atoms with van der Waals surface area (Å²) in [7, 11) is 0. The Morgan fingerprint density at radius 2 is 1.57 bits per heavy atom. The van der Waals surface area contributed by atoms with Crippen LogP contribution in [0.3, 0.4) is 0 Å². The van der Waals surface area contributed by atoms with E-state index in [2.05, 4.69) is 0 Å². The van der Waals surface area contributed by atoms with Crippen LogP contribution < -0.4 is 0 Å². The summed E-state index contributed by atoms with van der Waals surface area (Å²) in [5, 5.41) is 0. The standard InChI is InChI=1S/C20H28F2O/c21-19-12-11-17(13-20(19)22)16-9-7-15(8-10-16)5-3-1-2-4-6-18-14-23-18/h11-13,15-16,18H,1-10,14H2. The van der Waals surface area contributed by atoms with Gasteiger partial charge in [-0.05, 0) is 61.6 Å². The molecule has 1 aromatic carbocycles. The molecule has 2 aliphatic rings. The lowest BCUT2D eigenvalue weighted by atomic mass is 9.77. The summed E-state index contributed by atoms with van der Waals surface area (Å²) >= 11 is 0. The lowest BCUT2D eigenvalue weighted by Gasteiger charge is -2.29. The molecule has 0 amide bonds. The maximum absolute atomic E-state index is 13.4. The van der Waals surface area contributed by atoms with Gasteiger partial charge < -0.3 is 4.74 Å². The summed E-state index contributed by atoms with van der Waals surface area (Å²) in [6.07, 6.45) is 13.2.